The van der Waals surface area contributed by atoms with E-state index in [-0.39, 0.29) is 11.8 Å². The van der Waals surface area contributed by atoms with Crippen LogP contribution in [0.15, 0.2) is 70.9 Å². The second-order valence-corrected chi connectivity index (χ2v) is 7.50. The third-order valence-electron chi connectivity index (χ3n) is 4.73. The summed E-state index contributed by atoms with van der Waals surface area (Å²) in [4.78, 5) is 21.7. The van der Waals surface area contributed by atoms with Crippen LogP contribution in [0.3, 0.4) is 0 Å². The Morgan fingerprint density at radius 1 is 1.07 bits per heavy atom. The lowest BCUT2D eigenvalue weighted by Crippen LogP contribution is -2.34. The molecule has 27 heavy (non-hydrogen) atoms. The number of nitrogens with zero attached hydrogens (tertiary/aromatic N) is 3. The van der Waals surface area contributed by atoms with E-state index >= 15 is 0 Å². The van der Waals surface area contributed by atoms with Crippen molar-refractivity contribution in [3.63, 3.8) is 0 Å². The van der Waals surface area contributed by atoms with Crippen LogP contribution in [-0.4, -0.2) is 31.3 Å². The molecule has 0 unspecified atom stereocenters. The van der Waals surface area contributed by atoms with Gasteiger partial charge in [0.1, 0.15) is 6.04 Å². The van der Waals surface area contributed by atoms with Gasteiger partial charge in [0, 0.05) is 36.7 Å². The summed E-state index contributed by atoms with van der Waals surface area (Å²) in [5.74, 6) is 0.0546. The fourth-order valence-corrected chi connectivity index (χ4v) is 4.00. The Morgan fingerprint density at radius 3 is 2.22 bits per heavy atom. The first-order valence-electron chi connectivity index (χ1n) is 8.90. The molecule has 1 atom stereocenters. The van der Waals surface area contributed by atoms with Gasteiger partial charge in [0.15, 0.2) is 11.0 Å². The van der Waals surface area contributed by atoms with E-state index in [1.54, 1.807) is 18.7 Å². The maximum Gasteiger partial charge on any atom is 0.168 e. The second-order valence-electron chi connectivity index (χ2n) is 6.73. The molecule has 5 heteroatoms. The number of allylic oxidation sites excluding steroid dienone is 1. The van der Waals surface area contributed by atoms with Gasteiger partial charge in [-0.1, -0.05) is 42.1 Å². The normalized spacial score (nSPS) is 17.0. The lowest BCUT2D eigenvalue weighted by atomic mass is 9.93. The van der Waals surface area contributed by atoms with Gasteiger partial charge in [-0.25, -0.2) is 4.99 Å². The predicted molar refractivity (Wildman–Crippen MR) is 117 cm³/mol. The van der Waals surface area contributed by atoms with E-state index in [1.165, 1.54) is 0 Å². The third-order valence-corrected chi connectivity index (χ3v) is 5.38. The Morgan fingerprint density at radius 2 is 1.70 bits per heavy atom. The number of amidine groups is 1. The van der Waals surface area contributed by atoms with Crippen molar-refractivity contribution in [2.24, 2.45) is 4.99 Å². The number of aliphatic imine (C=N–C) groups is 1. The number of Topliss-reactive ketones (excluding diaryl/α,β-unsaturated/α-hetero) is 1. The summed E-state index contributed by atoms with van der Waals surface area (Å²) < 4.78 is 0. The number of thioether (sulfide) groups is 1. The minimum Gasteiger partial charge on any atom is -0.378 e. The van der Waals surface area contributed by atoms with Gasteiger partial charge in [-0.2, -0.15) is 0 Å². The molecule has 0 fully saturated rings. The maximum absolute atomic E-state index is 12.6. The van der Waals surface area contributed by atoms with E-state index in [2.05, 4.69) is 34.1 Å². The summed E-state index contributed by atoms with van der Waals surface area (Å²) in [5, 5.41) is 0.894. The summed E-state index contributed by atoms with van der Waals surface area (Å²) in [5.41, 5.74) is 4.86. The van der Waals surface area contributed by atoms with Crippen LogP contribution in [0.25, 0.3) is 0 Å². The molecule has 0 saturated carbocycles. The molecule has 0 aliphatic carbocycles. The van der Waals surface area contributed by atoms with E-state index in [9.17, 15) is 4.79 Å². The van der Waals surface area contributed by atoms with Gasteiger partial charge in [0.25, 0.3) is 0 Å². The van der Waals surface area contributed by atoms with Gasteiger partial charge in [-0.3, -0.25) is 9.69 Å². The largest absolute Gasteiger partial charge is 0.378 e. The van der Waals surface area contributed by atoms with Crippen molar-refractivity contribution in [3.05, 3.63) is 71.4 Å². The zero-order valence-electron chi connectivity index (χ0n) is 16.4. The number of carbonyl (C=O) groups is 1. The Labute approximate surface area is 165 Å². The second kappa shape index (κ2) is 8.01. The lowest BCUT2D eigenvalue weighted by Gasteiger charge is -2.34. The van der Waals surface area contributed by atoms with Crippen LogP contribution in [0, 0.1) is 0 Å². The molecule has 2 aromatic rings. The zero-order valence-corrected chi connectivity index (χ0v) is 17.2. The molecule has 0 spiro atoms. The van der Waals surface area contributed by atoms with Crippen LogP contribution in [-0.2, 0) is 4.79 Å². The van der Waals surface area contributed by atoms with Gasteiger partial charge in [-0.15, -0.1) is 0 Å². The number of benzene rings is 2. The van der Waals surface area contributed by atoms with Crippen LogP contribution in [0.1, 0.15) is 25.5 Å². The number of hydrogen-bond donors (Lipinski definition) is 0. The molecule has 3 rings (SSSR count). The summed E-state index contributed by atoms with van der Waals surface area (Å²) in [6.07, 6.45) is 2.02. The van der Waals surface area contributed by atoms with Crippen LogP contribution in [0.4, 0.5) is 11.4 Å². The summed E-state index contributed by atoms with van der Waals surface area (Å²) >= 11 is 1.59. The third kappa shape index (κ3) is 3.78. The van der Waals surface area contributed by atoms with Crippen LogP contribution in [0.2, 0.25) is 0 Å². The van der Waals surface area contributed by atoms with Gasteiger partial charge in [0.2, 0.25) is 0 Å². The highest BCUT2D eigenvalue weighted by Gasteiger charge is 2.32. The van der Waals surface area contributed by atoms with Crippen molar-refractivity contribution in [3.8, 4) is 0 Å². The molecular weight excluding hydrogens is 354 g/mol. The quantitative estimate of drug-likeness (QED) is 0.757. The average molecular weight is 380 g/mol. The molecule has 4 nitrogen and oxygen atoms in total. The number of carbonyl (C=O) groups excluding carboxylic acids is 1. The molecule has 0 saturated heterocycles. The summed E-state index contributed by atoms with van der Waals surface area (Å²) in [6, 6.07) is 18.1. The average Bonchev–Trinajstić information content (AvgIpc) is 2.67. The van der Waals surface area contributed by atoms with E-state index in [0.29, 0.717) is 0 Å². The van der Waals surface area contributed by atoms with Crippen molar-refractivity contribution in [2.45, 2.75) is 19.9 Å². The molecule has 0 aromatic heterocycles. The highest BCUT2D eigenvalue weighted by molar-refractivity contribution is 8.13. The summed E-state index contributed by atoms with van der Waals surface area (Å²) in [6.45, 7) is 3.64. The number of para-hydroxylation sites is 1. The first kappa shape index (κ1) is 19.2. The fraction of sp³-hybridized carbons (Fsp3) is 0.273. The van der Waals surface area contributed by atoms with Gasteiger partial charge in [0.05, 0.1) is 0 Å². The first-order chi connectivity index (χ1) is 12.9. The van der Waals surface area contributed by atoms with Crippen LogP contribution >= 0.6 is 11.8 Å². The highest BCUT2D eigenvalue weighted by Crippen LogP contribution is 2.38. The Kier molecular flexibility index (Phi) is 5.71. The molecule has 1 aliphatic heterocycles. The van der Waals surface area contributed by atoms with E-state index in [4.69, 9.17) is 4.99 Å². The van der Waals surface area contributed by atoms with Crippen molar-refractivity contribution in [1.82, 2.24) is 0 Å². The smallest absolute Gasteiger partial charge is 0.168 e. The van der Waals surface area contributed by atoms with Crippen molar-refractivity contribution in [1.29, 1.82) is 0 Å². The Bertz CT molecular complexity index is 886. The zero-order chi connectivity index (χ0) is 19.6. The number of ketones is 1. The van der Waals surface area contributed by atoms with Crippen molar-refractivity contribution in [2.75, 3.05) is 30.2 Å². The van der Waals surface area contributed by atoms with Gasteiger partial charge >= 0.3 is 0 Å². The molecule has 0 bridgehead atoms. The predicted octanol–water partition coefficient (Wildman–Crippen LogP) is 4.90. The minimum atomic E-state index is -0.277. The minimum absolute atomic E-state index is 0.0546. The molecule has 0 radical (unpaired) electrons. The fourth-order valence-electron chi connectivity index (χ4n) is 3.36. The van der Waals surface area contributed by atoms with Gasteiger partial charge < -0.3 is 4.90 Å². The molecule has 0 amide bonds. The SMILES string of the molecule is CSC1=N[C@H](c2ccc(N(C)C)cc2)C(C(C)=O)=C(C)N1c1ccccc1. The van der Waals surface area contributed by atoms with Crippen molar-refractivity contribution >= 4 is 34.1 Å². The van der Waals surface area contributed by atoms with Crippen LogP contribution in [0.5, 0.6) is 0 Å². The molecular formula is C22H25N3OS. The molecule has 1 aliphatic rings. The standard InChI is InChI=1S/C22H25N3OS/c1-15-20(16(2)26)21(17-11-13-18(14-12-17)24(3)4)23-22(27-5)25(15)19-9-7-6-8-10-19/h6-14,21H,1-5H3/t21-/m1/s1. The topological polar surface area (TPSA) is 35.9 Å². The van der Waals surface area contributed by atoms with Crippen molar-refractivity contribution < 1.29 is 4.79 Å². The van der Waals surface area contributed by atoms with Crippen LogP contribution < -0.4 is 9.80 Å². The Balaban J connectivity index is 2.11. The first-order valence-corrected chi connectivity index (χ1v) is 10.1. The van der Waals surface area contributed by atoms with Gasteiger partial charge in [-0.05, 0) is 49.9 Å². The summed E-state index contributed by atoms with van der Waals surface area (Å²) in [7, 11) is 4.03. The number of anilines is 2. The van der Waals surface area contributed by atoms with E-state index in [1.807, 2.05) is 57.6 Å². The Hall–Kier alpha value is -2.53. The van der Waals surface area contributed by atoms with E-state index < -0.39 is 0 Å². The molecule has 140 valence electrons. The number of rotatable bonds is 4. The maximum atomic E-state index is 12.6. The van der Waals surface area contributed by atoms with E-state index in [0.717, 1.165) is 33.4 Å². The monoisotopic (exact) mass is 379 g/mol. The lowest BCUT2D eigenvalue weighted by molar-refractivity contribution is -0.113. The highest BCUT2D eigenvalue weighted by atomic mass is 32.2. The molecule has 1 heterocycles. The number of hydrogen-bond acceptors (Lipinski definition) is 5. The molecule has 2 aromatic carbocycles. The molecule has 0 N–H and O–H groups in total.